The molecule has 0 unspecified atom stereocenters. The average Bonchev–Trinajstić information content (AvgIpc) is 2.46. The summed E-state index contributed by atoms with van der Waals surface area (Å²) in [6.07, 6.45) is 1.27. The second-order valence-corrected chi connectivity index (χ2v) is 6.86. The summed E-state index contributed by atoms with van der Waals surface area (Å²) < 4.78 is 88.8. The fraction of sp³-hybridized carbons (Fsp3) is 0.214. The summed E-state index contributed by atoms with van der Waals surface area (Å²) in [6, 6.07) is 4.18. The molecule has 2 aromatic rings. The molecule has 0 aliphatic carbocycles. The lowest BCUT2D eigenvalue weighted by atomic mass is 10.1. The molecule has 0 amide bonds. The Morgan fingerprint density at radius 3 is 2.25 bits per heavy atom. The van der Waals surface area contributed by atoms with Gasteiger partial charge in [0.25, 0.3) is 9.84 Å². The van der Waals surface area contributed by atoms with Crippen LogP contribution < -0.4 is 4.90 Å². The van der Waals surface area contributed by atoms with Crippen molar-refractivity contribution in [2.24, 2.45) is 0 Å². The lowest BCUT2D eigenvalue weighted by molar-refractivity contribution is -0.0439. The number of sulfone groups is 1. The first-order chi connectivity index (χ1) is 11.0. The summed E-state index contributed by atoms with van der Waals surface area (Å²) in [4.78, 5) is 3.39. The van der Waals surface area contributed by atoms with Gasteiger partial charge in [-0.2, -0.15) is 13.2 Å². The summed E-state index contributed by atoms with van der Waals surface area (Å²) in [5, 5.41) is 0. The largest absolute Gasteiger partial charge is 0.502 e. The summed E-state index contributed by atoms with van der Waals surface area (Å²) >= 11 is 0. The summed E-state index contributed by atoms with van der Waals surface area (Å²) in [7, 11) is -2.85. The van der Waals surface area contributed by atoms with Gasteiger partial charge in [0.2, 0.25) is 0 Å². The van der Waals surface area contributed by atoms with E-state index in [-0.39, 0.29) is 5.69 Å². The molecule has 0 aliphatic rings. The quantitative estimate of drug-likeness (QED) is 0.782. The first-order valence-electron chi connectivity index (χ1n) is 6.40. The molecule has 0 bridgehead atoms. The number of alkyl halides is 3. The fourth-order valence-electron chi connectivity index (χ4n) is 1.94. The Labute approximate surface area is 134 Å². The van der Waals surface area contributed by atoms with Gasteiger partial charge in [-0.3, -0.25) is 4.98 Å². The van der Waals surface area contributed by atoms with Gasteiger partial charge in [0.15, 0.2) is 5.82 Å². The number of benzene rings is 1. The minimum Gasteiger partial charge on any atom is -0.378 e. The van der Waals surface area contributed by atoms with Crippen LogP contribution in [0.15, 0.2) is 35.4 Å². The molecule has 0 aliphatic heterocycles. The number of hydrogen-bond acceptors (Lipinski definition) is 4. The molecule has 0 N–H and O–H groups in total. The third kappa shape index (κ3) is 3.05. The molecule has 24 heavy (non-hydrogen) atoms. The maximum atomic E-state index is 14.4. The molecule has 1 aromatic heterocycles. The molecule has 0 radical (unpaired) electrons. The highest BCUT2D eigenvalue weighted by Crippen LogP contribution is 2.36. The van der Waals surface area contributed by atoms with Crippen LogP contribution in [0.3, 0.4) is 0 Å². The molecule has 0 saturated carbocycles. The summed E-state index contributed by atoms with van der Waals surface area (Å²) in [5.74, 6) is -3.66. The Morgan fingerprint density at radius 1 is 1.08 bits per heavy atom. The van der Waals surface area contributed by atoms with Crippen molar-refractivity contribution in [1.82, 2.24) is 4.98 Å². The van der Waals surface area contributed by atoms with Gasteiger partial charge < -0.3 is 4.90 Å². The lowest BCUT2D eigenvalue weighted by Gasteiger charge is -2.15. The van der Waals surface area contributed by atoms with E-state index in [1.54, 1.807) is 25.1 Å². The standard InChI is InChI=1S/C14H11F5N2O2S/c1-21(2)8-5-6-20-11(7-8)9-3-4-10(15)13(12(9)16)24(22,23)14(17,18)19/h3-7H,1-2H3. The Morgan fingerprint density at radius 2 is 1.71 bits per heavy atom. The second kappa shape index (κ2) is 6.00. The molecule has 130 valence electrons. The van der Waals surface area contributed by atoms with Gasteiger partial charge >= 0.3 is 5.51 Å². The number of nitrogens with zero attached hydrogens (tertiary/aromatic N) is 2. The van der Waals surface area contributed by atoms with E-state index in [9.17, 15) is 30.4 Å². The highest BCUT2D eigenvalue weighted by Gasteiger charge is 2.50. The molecular formula is C14H11F5N2O2S. The molecule has 10 heteroatoms. The van der Waals surface area contributed by atoms with Crippen molar-refractivity contribution in [3.63, 3.8) is 0 Å². The fourth-order valence-corrected chi connectivity index (χ4v) is 2.84. The van der Waals surface area contributed by atoms with Crippen LogP contribution in [0.25, 0.3) is 11.3 Å². The molecule has 0 atom stereocenters. The monoisotopic (exact) mass is 366 g/mol. The highest BCUT2D eigenvalue weighted by molar-refractivity contribution is 7.92. The minimum absolute atomic E-state index is 0.127. The zero-order chi connectivity index (χ0) is 18.3. The number of hydrogen-bond donors (Lipinski definition) is 0. The zero-order valence-corrected chi connectivity index (χ0v) is 13.2. The maximum absolute atomic E-state index is 14.4. The van der Waals surface area contributed by atoms with Crippen LogP contribution in [0.5, 0.6) is 0 Å². The third-order valence-electron chi connectivity index (χ3n) is 3.16. The Kier molecular flexibility index (Phi) is 4.53. The van der Waals surface area contributed by atoms with Gasteiger partial charge in [-0.05, 0) is 24.3 Å². The molecule has 0 spiro atoms. The van der Waals surface area contributed by atoms with Gasteiger partial charge in [0, 0.05) is 31.5 Å². The van der Waals surface area contributed by atoms with E-state index < -0.39 is 37.4 Å². The van der Waals surface area contributed by atoms with E-state index in [1.807, 2.05) is 0 Å². The smallest absolute Gasteiger partial charge is 0.378 e. The Balaban J connectivity index is 2.73. The first-order valence-corrected chi connectivity index (χ1v) is 7.88. The van der Waals surface area contributed by atoms with E-state index in [4.69, 9.17) is 0 Å². The second-order valence-electron chi connectivity index (χ2n) is 4.98. The number of halogens is 5. The van der Waals surface area contributed by atoms with Crippen molar-refractivity contribution in [2.75, 3.05) is 19.0 Å². The average molecular weight is 366 g/mol. The molecule has 2 rings (SSSR count). The number of aromatic nitrogens is 1. The van der Waals surface area contributed by atoms with Crippen LogP contribution in [0.1, 0.15) is 0 Å². The van der Waals surface area contributed by atoms with Crippen molar-refractivity contribution in [3.05, 3.63) is 42.1 Å². The van der Waals surface area contributed by atoms with Gasteiger partial charge in [-0.25, -0.2) is 17.2 Å². The van der Waals surface area contributed by atoms with Gasteiger partial charge in [0.05, 0.1) is 5.69 Å². The van der Waals surface area contributed by atoms with Crippen molar-refractivity contribution >= 4 is 15.5 Å². The van der Waals surface area contributed by atoms with Gasteiger partial charge in [0.1, 0.15) is 10.7 Å². The van der Waals surface area contributed by atoms with Crippen LogP contribution in [0.4, 0.5) is 27.6 Å². The normalized spacial score (nSPS) is 12.3. The molecule has 1 heterocycles. The van der Waals surface area contributed by atoms with E-state index in [0.717, 1.165) is 6.07 Å². The highest BCUT2D eigenvalue weighted by atomic mass is 32.2. The SMILES string of the molecule is CN(C)c1ccnc(-c2ccc(F)c(S(=O)(=O)C(F)(F)F)c2F)c1. The predicted octanol–water partition coefficient (Wildman–Crippen LogP) is 3.39. The van der Waals surface area contributed by atoms with E-state index >= 15 is 0 Å². The van der Waals surface area contributed by atoms with Gasteiger partial charge in [-0.15, -0.1) is 0 Å². The minimum atomic E-state index is -6.18. The predicted molar refractivity (Wildman–Crippen MR) is 77.2 cm³/mol. The number of rotatable bonds is 3. The summed E-state index contributed by atoms with van der Waals surface area (Å²) in [5.41, 5.74) is -5.96. The zero-order valence-electron chi connectivity index (χ0n) is 12.4. The van der Waals surface area contributed by atoms with E-state index in [1.165, 1.54) is 12.3 Å². The third-order valence-corrected chi connectivity index (χ3v) is 4.68. The Hall–Kier alpha value is -2.23. The van der Waals surface area contributed by atoms with Crippen molar-refractivity contribution in [2.45, 2.75) is 10.4 Å². The van der Waals surface area contributed by atoms with Crippen LogP contribution in [-0.2, 0) is 9.84 Å². The molecule has 1 aromatic carbocycles. The molecule has 0 fully saturated rings. The lowest BCUT2D eigenvalue weighted by Crippen LogP contribution is -2.25. The molecular weight excluding hydrogens is 355 g/mol. The van der Waals surface area contributed by atoms with Crippen LogP contribution >= 0.6 is 0 Å². The number of pyridine rings is 1. The van der Waals surface area contributed by atoms with Crippen molar-refractivity contribution in [1.29, 1.82) is 0 Å². The number of anilines is 1. The van der Waals surface area contributed by atoms with Crippen LogP contribution in [-0.4, -0.2) is 33.0 Å². The van der Waals surface area contributed by atoms with E-state index in [0.29, 0.717) is 11.8 Å². The Bertz CT molecular complexity index is 879. The van der Waals surface area contributed by atoms with Crippen LogP contribution in [0.2, 0.25) is 0 Å². The first kappa shape index (κ1) is 18.1. The van der Waals surface area contributed by atoms with E-state index in [2.05, 4.69) is 4.98 Å². The summed E-state index contributed by atoms with van der Waals surface area (Å²) in [6.45, 7) is 0. The van der Waals surface area contributed by atoms with Crippen molar-refractivity contribution in [3.8, 4) is 11.3 Å². The van der Waals surface area contributed by atoms with Crippen molar-refractivity contribution < 1.29 is 30.4 Å². The molecule has 0 saturated heterocycles. The maximum Gasteiger partial charge on any atom is 0.502 e. The van der Waals surface area contributed by atoms with Gasteiger partial charge in [-0.1, -0.05) is 0 Å². The van der Waals surface area contributed by atoms with Crippen LogP contribution in [0, 0.1) is 11.6 Å². The topological polar surface area (TPSA) is 50.3 Å². The molecule has 4 nitrogen and oxygen atoms in total.